The summed E-state index contributed by atoms with van der Waals surface area (Å²) >= 11 is -1.82. The van der Waals surface area contributed by atoms with E-state index in [-0.39, 0.29) is 0 Å². The molecule has 0 radical (unpaired) electrons. The summed E-state index contributed by atoms with van der Waals surface area (Å²) in [6.07, 6.45) is 5.01. The molecule has 2 unspecified atom stereocenters. The number of allylic oxidation sites excluding steroid dienone is 2. The molecule has 2 aliphatic carbocycles. The van der Waals surface area contributed by atoms with Crippen molar-refractivity contribution in [3.05, 3.63) is 94.1 Å². The predicted octanol–water partition coefficient (Wildman–Crippen LogP) is 7.06. The van der Waals surface area contributed by atoms with Gasteiger partial charge in [-0.2, -0.15) is 0 Å². The van der Waals surface area contributed by atoms with Crippen LogP contribution in [0.4, 0.5) is 0 Å². The van der Waals surface area contributed by atoms with E-state index in [1.165, 1.54) is 21.9 Å². The van der Waals surface area contributed by atoms with Gasteiger partial charge in [-0.3, -0.25) is 0 Å². The Morgan fingerprint density at radius 2 is 1.39 bits per heavy atom. The molecule has 0 aromatic heterocycles. The summed E-state index contributed by atoms with van der Waals surface area (Å²) in [7, 11) is 0. The minimum absolute atomic E-state index is 0.734. The van der Waals surface area contributed by atoms with Gasteiger partial charge >= 0.3 is 178 Å². The quantitative estimate of drug-likeness (QED) is 0.369. The van der Waals surface area contributed by atoms with E-state index < -0.39 is 26.8 Å². The molecule has 0 spiro atoms. The van der Waals surface area contributed by atoms with Gasteiger partial charge in [-0.15, -0.1) is 0 Å². The van der Waals surface area contributed by atoms with Crippen LogP contribution < -0.4 is 0 Å². The van der Waals surface area contributed by atoms with E-state index in [9.17, 15) is 0 Å². The summed E-state index contributed by atoms with van der Waals surface area (Å²) in [5, 5.41) is 2.81. The Bertz CT molecular complexity index is 1140. The maximum absolute atomic E-state index is 2.63. The molecule has 3 aromatic carbocycles. The molecule has 0 saturated carbocycles. The average molecular weight is 459 g/mol. The fourth-order valence-corrected chi connectivity index (χ4v) is 28.7. The van der Waals surface area contributed by atoms with E-state index in [2.05, 4.69) is 99.8 Å². The normalized spacial score (nSPS) is 20.2. The Hall–Kier alpha value is -1.50. The van der Waals surface area contributed by atoms with E-state index in [1.54, 1.807) is 22.3 Å². The van der Waals surface area contributed by atoms with Crippen molar-refractivity contribution in [2.24, 2.45) is 0 Å². The average Bonchev–Trinajstić information content (AvgIpc) is 3.19. The Morgan fingerprint density at radius 3 is 2.21 bits per heavy atom. The van der Waals surface area contributed by atoms with Crippen molar-refractivity contribution in [3.8, 4) is 0 Å². The second-order valence-corrected chi connectivity index (χ2v) is 28.8. The standard InChI is InChI=1S/C14H11.C10H9.C2H7Si.Zr/c1-10-8-12-7-6-11-4-2-3-5-13(11)14(12)9-10;1-8-6-9-4-2-3-5-10(9)7-8;1-3-2;/h2-9H,1H3;2-7H,1H3;3H,1-2H3;. The van der Waals surface area contributed by atoms with Gasteiger partial charge in [-0.05, 0) is 0 Å². The molecule has 28 heavy (non-hydrogen) atoms. The Labute approximate surface area is 177 Å². The van der Waals surface area contributed by atoms with Crippen LogP contribution in [-0.4, -0.2) is 5.92 Å². The molecule has 0 nitrogen and oxygen atoms in total. The Morgan fingerprint density at radius 1 is 0.714 bits per heavy atom. The minimum atomic E-state index is -1.82. The van der Waals surface area contributed by atoms with Crippen molar-refractivity contribution < 1.29 is 20.9 Å². The van der Waals surface area contributed by atoms with Gasteiger partial charge in [0.05, 0.1) is 0 Å². The molecule has 2 atom stereocenters. The fraction of sp³-hybridized carbons (Fsp3) is 0.231. The number of rotatable bonds is 3. The summed E-state index contributed by atoms with van der Waals surface area (Å²) < 4.78 is 1.50. The van der Waals surface area contributed by atoms with Gasteiger partial charge in [0.1, 0.15) is 0 Å². The van der Waals surface area contributed by atoms with Crippen molar-refractivity contribution in [1.82, 2.24) is 0 Å². The van der Waals surface area contributed by atoms with Crippen molar-refractivity contribution >= 4 is 28.8 Å². The molecule has 2 aliphatic rings. The second-order valence-electron chi connectivity index (χ2n) is 8.72. The predicted molar refractivity (Wildman–Crippen MR) is 122 cm³/mol. The van der Waals surface area contributed by atoms with Crippen LogP contribution in [0.3, 0.4) is 0 Å². The SMILES string of the molecule is CC1=Cc2ccccc2[CH]1[Zr]([CH]1C(C)=Cc2c1ccc1ccccc21)[SiH](C)C. The molecule has 0 N–H and O–H groups in total. The van der Waals surface area contributed by atoms with Crippen LogP contribution in [0.1, 0.15) is 43.4 Å². The van der Waals surface area contributed by atoms with Crippen molar-refractivity contribution in [2.75, 3.05) is 0 Å². The third kappa shape index (κ3) is 2.80. The molecular formula is C26H27SiZr. The fourth-order valence-electron chi connectivity index (χ4n) is 5.48. The number of hydrogen-bond donors (Lipinski definition) is 0. The molecule has 0 aliphatic heterocycles. The number of hydrogen-bond acceptors (Lipinski definition) is 0. The van der Waals surface area contributed by atoms with Gasteiger partial charge in [0.2, 0.25) is 0 Å². The van der Waals surface area contributed by atoms with Crippen LogP contribution in [0, 0.1) is 0 Å². The number of fused-ring (bicyclic) bond motifs is 4. The topological polar surface area (TPSA) is 0 Å². The van der Waals surface area contributed by atoms with E-state index in [4.69, 9.17) is 0 Å². The first-order valence-corrected chi connectivity index (χ1v) is 20.4. The first kappa shape index (κ1) is 18.5. The van der Waals surface area contributed by atoms with E-state index in [1.807, 2.05) is 0 Å². The first-order chi connectivity index (χ1) is 13.6. The molecule has 0 saturated heterocycles. The van der Waals surface area contributed by atoms with Gasteiger partial charge in [-0.1, -0.05) is 0 Å². The van der Waals surface area contributed by atoms with Crippen LogP contribution >= 0.6 is 0 Å². The molecular weight excluding hydrogens is 432 g/mol. The van der Waals surface area contributed by atoms with Crippen LogP contribution in [0.25, 0.3) is 22.9 Å². The molecule has 0 amide bonds. The molecule has 0 bridgehead atoms. The van der Waals surface area contributed by atoms with Gasteiger partial charge in [-0.25, -0.2) is 0 Å². The van der Waals surface area contributed by atoms with Crippen molar-refractivity contribution in [3.63, 3.8) is 0 Å². The van der Waals surface area contributed by atoms with Gasteiger partial charge in [0.15, 0.2) is 0 Å². The Balaban J connectivity index is 1.67. The third-order valence-electron chi connectivity index (χ3n) is 6.62. The molecule has 0 heterocycles. The summed E-state index contributed by atoms with van der Waals surface area (Å²) in [5.41, 5.74) is 9.55. The number of benzene rings is 3. The summed E-state index contributed by atoms with van der Waals surface area (Å²) in [5.74, 6) is -0.734. The first-order valence-electron chi connectivity index (χ1n) is 10.4. The van der Waals surface area contributed by atoms with Crippen molar-refractivity contribution in [1.29, 1.82) is 0 Å². The van der Waals surface area contributed by atoms with E-state index in [0.29, 0.717) is 0 Å². The Kier molecular flexibility index (Phi) is 4.68. The molecule has 0 fully saturated rings. The van der Waals surface area contributed by atoms with Crippen molar-refractivity contribution in [2.45, 2.75) is 34.2 Å². The molecule has 3 aromatic rings. The van der Waals surface area contributed by atoms with Gasteiger partial charge in [0.25, 0.3) is 0 Å². The summed E-state index contributed by atoms with van der Waals surface area (Å²) in [6.45, 7) is 10.1. The third-order valence-corrected chi connectivity index (χ3v) is 28.8. The summed E-state index contributed by atoms with van der Waals surface area (Å²) in [4.78, 5) is 0. The molecule has 139 valence electrons. The van der Waals surface area contributed by atoms with E-state index >= 15 is 0 Å². The van der Waals surface area contributed by atoms with Crippen LogP contribution in [0.5, 0.6) is 0 Å². The van der Waals surface area contributed by atoms with Crippen LogP contribution in [-0.2, 0) is 20.9 Å². The van der Waals surface area contributed by atoms with Gasteiger partial charge in [0, 0.05) is 0 Å². The van der Waals surface area contributed by atoms with Gasteiger partial charge < -0.3 is 0 Å². The van der Waals surface area contributed by atoms with Crippen LogP contribution in [0.2, 0.25) is 13.1 Å². The second kappa shape index (κ2) is 7.08. The van der Waals surface area contributed by atoms with Crippen LogP contribution in [0.15, 0.2) is 71.8 Å². The maximum atomic E-state index is 2.63. The zero-order valence-electron chi connectivity index (χ0n) is 17.2. The monoisotopic (exact) mass is 457 g/mol. The zero-order chi connectivity index (χ0) is 19.4. The zero-order valence-corrected chi connectivity index (χ0v) is 20.8. The van der Waals surface area contributed by atoms with E-state index in [0.717, 1.165) is 7.25 Å². The molecule has 5 rings (SSSR count). The molecule has 2 heteroatoms. The summed E-state index contributed by atoms with van der Waals surface area (Å²) in [6, 6.07) is 22.9.